The maximum absolute atomic E-state index is 5.31. The van der Waals surface area contributed by atoms with E-state index in [9.17, 15) is 0 Å². The maximum atomic E-state index is 5.31. The number of hydrogen-bond acceptors (Lipinski definition) is 4. The van der Waals surface area contributed by atoms with Crippen molar-refractivity contribution in [3.8, 4) is 6.01 Å². The Labute approximate surface area is 96.7 Å². The summed E-state index contributed by atoms with van der Waals surface area (Å²) in [7, 11) is 0. The van der Waals surface area contributed by atoms with Gasteiger partial charge < -0.3 is 4.74 Å². The topological polar surface area (TPSA) is 38.3 Å². The average molecular weight is 221 g/mol. The molecule has 0 N–H and O–H groups in total. The molecule has 1 aliphatic rings. The summed E-state index contributed by atoms with van der Waals surface area (Å²) in [6, 6.07) is 0.497. The molecule has 0 saturated carbocycles. The molecule has 16 heavy (non-hydrogen) atoms. The van der Waals surface area contributed by atoms with E-state index in [0.717, 1.165) is 18.8 Å². The lowest BCUT2D eigenvalue weighted by Crippen LogP contribution is -2.36. The highest BCUT2D eigenvalue weighted by Crippen LogP contribution is 2.28. The molecule has 0 unspecified atom stereocenters. The van der Waals surface area contributed by atoms with Crippen LogP contribution in [0.1, 0.15) is 39.0 Å². The molecule has 0 fully saturated rings. The van der Waals surface area contributed by atoms with Crippen molar-refractivity contribution in [3.05, 3.63) is 17.5 Å². The fraction of sp³-hybridized carbons (Fsp3) is 0.667. The highest BCUT2D eigenvalue weighted by Gasteiger charge is 2.29. The molecule has 88 valence electrons. The smallest absolute Gasteiger partial charge is 0.316 e. The van der Waals surface area contributed by atoms with E-state index in [2.05, 4.69) is 35.6 Å². The zero-order valence-electron chi connectivity index (χ0n) is 10.4. The quantitative estimate of drug-likeness (QED) is 0.765. The predicted octanol–water partition coefficient (Wildman–Crippen LogP) is 1.99. The second-order valence-corrected chi connectivity index (χ2v) is 5.08. The molecular weight excluding hydrogens is 202 g/mol. The standard InChI is InChI=1S/C12H19N3O/c1-5-16-11-13-6-9-7-15(12(2,3)4)8-10(9)14-11/h6H,5,7-8H2,1-4H3. The molecule has 4 nitrogen and oxygen atoms in total. The number of hydrogen-bond donors (Lipinski definition) is 0. The van der Waals surface area contributed by atoms with E-state index in [0.29, 0.717) is 12.6 Å². The second-order valence-electron chi connectivity index (χ2n) is 5.08. The van der Waals surface area contributed by atoms with Crippen molar-refractivity contribution in [2.75, 3.05) is 6.61 Å². The van der Waals surface area contributed by atoms with E-state index >= 15 is 0 Å². The number of rotatable bonds is 2. The Morgan fingerprint density at radius 1 is 1.38 bits per heavy atom. The lowest BCUT2D eigenvalue weighted by molar-refractivity contribution is 0.135. The van der Waals surface area contributed by atoms with Crippen molar-refractivity contribution in [2.24, 2.45) is 0 Å². The average Bonchev–Trinajstić information content (AvgIpc) is 2.60. The van der Waals surface area contributed by atoms with Crippen LogP contribution in [0.5, 0.6) is 6.01 Å². The Morgan fingerprint density at radius 2 is 2.12 bits per heavy atom. The van der Waals surface area contributed by atoms with Crippen molar-refractivity contribution < 1.29 is 4.74 Å². The number of fused-ring (bicyclic) bond motifs is 1. The van der Waals surface area contributed by atoms with E-state index < -0.39 is 0 Å². The number of ether oxygens (including phenoxy) is 1. The van der Waals surface area contributed by atoms with Crippen LogP contribution in [-0.4, -0.2) is 27.0 Å². The van der Waals surface area contributed by atoms with Gasteiger partial charge >= 0.3 is 6.01 Å². The van der Waals surface area contributed by atoms with Gasteiger partial charge in [0.1, 0.15) is 0 Å². The van der Waals surface area contributed by atoms with Gasteiger partial charge in [-0.2, -0.15) is 4.98 Å². The third-order valence-electron chi connectivity index (χ3n) is 2.86. The van der Waals surface area contributed by atoms with Crippen LogP contribution in [-0.2, 0) is 13.1 Å². The molecule has 0 radical (unpaired) electrons. The molecule has 1 aliphatic heterocycles. The molecule has 0 spiro atoms. The van der Waals surface area contributed by atoms with Crippen LogP contribution in [0.3, 0.4) is 0 Å². The van der Waals surface area contributed by atoms with Gasteiger partial charge in [-0.05, 0) is 27.7 Å². The van der Waals surface area contributed by atoms with Gasteiger partial charge in [0, 0.05) is 30.4 Å². The van der Waals surface area contributed by atoms with Gasteiger partial charge in [-0.25, -0.2) is 4.98 Å². The van der Waals surface area contributed by atoms with Crippen molar-refractivity contribution in [3.63, 3.8) is 0 Å². The molecule has 2 heterocycles. The number of aromatic nitrogens is 2. The molecule has 4 heteroatoms. The Hall–Kier alpha value is -1.16. The first-order chi connectivity index (χ1) is 7.50. The molecule has 0 aliphatic carbocycles. The molecule has 0 saturated heterocycles. The van der Waals surface area contributed by atoms with E-state index in [4.69, 9.17) is 4.74 Å². The van der Waals surface area contributed by atoms with Crippen LogP contribution in [0.2, 0.25) is 0 Å². The van der Waals surface area contributed by atoms with Crippen LogP contribution in [0.4, 0.5) is 0 Å². The minimum atomic E-state index is 0.173. The summed E-state index contributed by atoms with van der Waals surface area (Å²) in [5.74, 6) is 0. The number of nitrogens with zero attached hydrogens (tertiary/aromatic N) is 3. The highest BCUT2D eigenvalue weighted by atomic mass is 16.5. The summed E-state index contributed by atoms with van der Waals surface area (Å²) in [5.41, 5.74) is 2.50. The fourth-order valence-corrected chi connectivity index (χ4v) is 1.81. The normalized spacial score (nSPS) is 16.2. The lowest BCUT2D eigenvalue weighted by atomic mass is 10.1. The second kappa shape index (κ2) is 4.01. The Kier molecular flexibility index (Phi) is 2.84. The summed E-state index contributed by atoms with van der Waals surface area (Å²) < 4.78 is 5.31. The first kappa shape index (κ1) is 11.3. The predicted molar refractivity (Wildman–Crippen MR) is 62.2 cm³/mol. The lowest BCUT2D eigenvalue weighted by Gasteiger charge is -2.30. The van der Waals surface area contributed by atoms with Crippen LogP contribution >= 0.6 is 0 Å². The van der Waals surface area contributed by atoms with Crippen molar-refractivity contribution in [1.29, 1.82) is 0 Å². The SMILES string of the molecule is CCOc1ncc2c(n1)CN(C(C)(C)C)C2. The summed E-state index contributed by atoms with van der Waals surface area (Å²) in [6.07, 6.45) is 1.89. The molecule has 2 rings (SSSR count). The van der Waals surface area contributed by atoms with Crippen molar-refractivity contribution in [2.45, 2.75) is 46.3 Å². The van der Waals surface area contributed by atoms with Crippen molar-refractivity contribution in [1.82, 2.24) is 14.9 Å². The van der Waals surface area contributed by atoms with E-state index in [1.54, 1.807) is 0 Å². The molecule has 0 aromatic carbocycles. The molecule has 1 aromatic rings. The van der Waals surface area contributed by atoms with Crippen LogP contribution in [0.25, 0.3) is 0 Å². The third kappa shape index (κ3) is 2.16. The maximum Gasteiger partial charge on any atom is 0.316 e. The van der Waals surface area contributed by atoms with Gasteiger partial charge in [0.2, 0.25) is 0 Å². The summed E-state index contributed by atoms with van der Waals surface area (Å²) in [5, 5.41) is 0. The largest absolute Gasteiger partial charge is 0.464 e. The molecule has 0 atom stereocenters. The van der Waals surface area contributed by atoms with Crippen LogP contribution in [0, 0.1) is 0 Å². The Morgan fingerprint density at radius 3 is 2.75 bits per heavy atom. The summed E-state index contributed by atoms with van der Waals surface area (Å²) >= 11 is 0. The van der Waals surface area contributed by atoms with Crippen LogP contribution in [0.15, 0.2) is 6.20 Å². The fourth-order valence-electron chi connectivity index (χ4n) is 1.81. The monoisotopic (exact) mass is 221 g/mol. The van der Waals surface area contributed by atoms with Gasteiger partial charge in [0.15, 0.2) is 0 Å². The van der Waals surface area contributed by atoms with Gasteiger partial charge in [0.25, 0.3) is 0 Å². The molecule has 1 aromatic heterocycles. The Bertz CT molecular complexity index is 384. The van der Waals surface area contributed by atoms with E-state index in [-0.39, 0.29) is 5.54 Å². The zero-order chi connectivity index (χ0) is 11.8. The molecule has 0 bridgehead atoms. The summed E-state index contributed by atoms with van der Waals surface area (Å²) in [4.78, 5) is 11.0. The summed E-state index contributed by atoms with van der Waals surface area (Å²) in [6.45, 7) is 11.0. The zero-order valence-corrected chi connectivity index (χ0v) is 10.4. The van der Waals surface area contributed by atoms with E-state index in [1.165, 1.54) is 5.56 Å². The minimum Gasteiger partial charge on any atom is -0.464 e. The van der Waals surface area contributed by atoms with Gasteiger partial charge in [-0.3, -0.25) is 4.90 Å². The van der Waals surface area contributed by atoms with E-state index in [1.807, 2.05) is 13.1 Å². The first-order valence-corrected chi connectivity index (χ1v) is 5.73. The Balaban J connectivity index is 2.18. The van der Waals surface area contributed by atoms with Gasteiger partial charge in [-0.1, -0.05) is 0 Å². The molecule has 0 amide bonds. The third-order valence-corrected chi connectivity index (χ3v) is 2.86. The van der Waals surface area contributed by atoms with Gasteiger partial charge in [-0.15, -0.1) is 0 Å². The highest BCUT2D eigenvalue weighted by molar-refractivity contribution is 5.23. The minimum absolute atomic E-state index is 0.173. The molecular formula is C12H19N3O. The van der Waals surface area contributed by atoms with Crippen molar-refractivity contribution >= 4 is 0 Å². The van der Waals surface area contributed by atoms with Crippen LogP contribution < -0.4 is 4.74 Å². The van der Waals surface area contributed by atoms with Gasteiger partial charge in [0.05, 0.1) is 12.3 Å². The first-order valence-electron chi connectivity index (χ1n) is 5.73.